The van der Waals surface area contributed by atoms with Crippen molar-refractivity contribution in [2.45, 2.75) is 102 Å². The summed E-state index contributed by atoms with van der Waals surface area (Å²) in [4.78, 5) is 78.9. The van der Waals surface area contributed by atoms with E-state index in [0.717, 1.165) is 22.5 Å². The normalized spacial score (nSPS) is 18.4. The molecule has 20 heteroatoms. The molecule has 19 nitrogen and oxygen atoms in total. The minimum atomic E-state index is -1.48. The van der Waals surface area contributed by atoms with Crippen LogP contribution in [0.1, 0.15) is 83.0 Å². The van der Waals surface area contributed by atoms with Crippen molar-refractivity contribution in [3.63, 3.8) is 0 Å². The van der Waals surface area contributed by atoms with Crippen molar-refractivity contribution < 1.29 is 43.0 Å². The van der Waals surface area contributed by atoms with Gasteiger partial charge < -0.3 is 39.9 Å². The molecule has 2 aromatic carbocycles. The number of amides is 4. The maximum Gasteiger partial charge on any atom is 0.413 e. The molecule has 2 atom stereocenters. The molecule has 2 saturated heterocycles. The molecule has 2 aromatic heterocycles. The number of anilines is 1. The summed E-state index contributed by atoms with van der Waals surface area (Å²) in [5, 5.41) is 26.0. The second kappa shape index (κ2) is 18.5. The van der Waals surface area contributed by atoms with Gasteiger partial charge in [-0.2, -0.15) is 15.0 Å². The van der Waals surface area contributed by atoms with Gasteiger partial charge >= 0.3 is 18.2 Å². The largest absolute Gasteiger partial charge is 0.450 e. The van der Waals surface area contributed by atoms with Crippen LogP contribution in [0.3, 0.4) is 0 Å². The zero-order chi connectivity index (χ0) is 44.9. The van der Waals surface area contributed by atoms with E-state index in [1.165, 1.54) is 10.2 Å². The van der Waals surface area contributed by atoms with Gasteiger partial charge in [0.1, 0.15) is 22.9 Å². The number of likely N-dealkylation sites (tertiary alicyclic amines) is 1. The van der Waals surface area contributed by atoms with Crippen molar-refractivity contribution in [2.75, 3.05) is 25.0 Å². The van der Waals surface area contributed by atoms with Gasteiger partial charge in [0, 0.05) is 50.3 Å². The topological polar surface area (TPSA) is 230 Å². The van der Waals surface area contributed by atoms with Crippen LogP contribution in [0.15, 0.2) is 77.4 Å². The fraction of sp³-hybridized carbons (Fsp3) is 0.465. The Hall–Kier alpha value is -6.41. The second-order valence-corrected chi connectivity index (χ2v) is 18.5. The number of hydrogen-bond acceptors (Lipinski definition) is 15. The van der Waals surface area contributed by atoms with Crippen LogP contribution in [0.4, 0.5) is 14.7 Å². The molecule has 0 spiro atoms. The van der Waals surface area contributed by atoms with Crippen LogP contribution in [0.2, 0.25) is 0 Å². The van der Waals surface area contributed by atoms with Crippen molar-refractivity contribution in [3.05, 3.63) is 94.8 Å². The van der Waals surface area contributed by atoms with Gasteiger partial charge in [-0.05, 0) is 52.7 Å². The van der Waals surface area contributed by atoms with Gasteiger partial charge in [-0.15, -0.1) is 11.3 Å². The lowest BCUT2D eigenvalue weighted by atomic mass is 9.98. The van der Waals surface area contributed by atoms with Crippen molar-refractivity contribution in [1.82, 2.24) is 40.8 Å². The Bertz CT molecular complexity index is 2270. The van der Waals surface area contributed by atoms with Gasteiger partial charge in [0.25, 0.3) is 5.91 Å². The monoisotopic (exact) mass is 884 g/mol. The highest BCUT2D eigenvalue weighted by Crippen LogP contribution is 2.43. The lowest BCUT2D eigenvalue weighted by Crippen LogP contribution is -2.70. The van der Waals surface area contributed by atoms with E-state index >= 15 is 0 Å². The Morgan fingerprint density at radius 1 is 0.952 bits per heavy atom. The highest BCUT2D eigenvalue weighted by molar-refractivity contribution is 7.14. The van der Waals surface area contributed by atoms with E-state index in [2.05, 4.69) is 41.6 Å². The molecule has 0 unspecified atom stereocenters. The molecule has 4 N–H and O–H groups in total. The Balaban J connectivity index is 0.998. The summed E-state index contributed by atoms with van der Waals surface area (Å²) in [6.07, 6.45) is 0.364. The highest BCUT2D eigenvalue weighted by Gasteiger charge is 2.56. The second-order valence-electron chi connectivity index (χ2n) is 17.6. The third-order valence-electron chi connectivity index (χ3n) is 9.98. The summed E-state index contributed by atoms with van der Waals surface area (Å²) in [5.74, 6) is -1.64. The van der Waals surface area contributed by atoms with Crippen LogP contribution >= 0.6 is 11.3 Å². The molecule has 334 valence electrons. The van der Waals surface area contributed by atoms with Crippen LogP contribution in [0.5, 0.6) is 0 Å². The molecule has 4 aromatic rings. The predicted molar refractivity (Wildman–Crippen MR) is 229 cm³/mol. The van der Waals surface area contributed by atoms with Crippen molar-refractivity contribution in [3.8, 4) is 0 Å². The first kappa shape index (κ1) is 44.6. The molecule has 0 bridgehead atoms. The Morgan fingerprint density at radius 3 is 2.21 bits per heavy atom. The number of ether oxygens (including phenoxy) is 3. The number of oxime groups is 1. The summed E-state index contributed by atoms with van der Waals surface area (Å²) in [6, 6.07) is 17.0. The molecule has 0 radical (unpaired) electrons. The molecule has 1 saturated carbocycles. The van der Waals surface area contributed by atoms with Crippen LogP contribution in [-0.4, -0.2) is 109 Å². The molecular formula is C43H52N10O9S. The Kier molecular flexibility index (Phi) is 13.1. The number of nitrogens with zero attached hydrogens (tertiary/aromatic N) is 6. The van der Waals surface area contributed by atoms with Crippen LogP contribution in [0.25, 0.3) is 0 Å². The summed E-state index contributed by atoms with van der Waals surface area (Å²) in [7, 11) is 0. The van der Waals surface area contributed by atoms with E-state index in [9.17, 15) is 24.0 Å². The lowest BCUT2D eigenvalue weighted by Gasteiger charge is -2.39. The highest BCUT2D eigenvalue weighted by atomic mass is 32.1. The number of nitrogens with one attached hydrogen (secondary N) is 4. The van der Waals surface area contributed by atoms with Gasteiger partial charge in [-0.25, -0.2) is 19.4 Å². The zero-order valence-corrected chi connectivity index (χ0v) is 36.8. The molecule has 3 aliphatic rings. The number of carbonyl (C=O) groups excluding carboxylic acids is 5. The summed E-state index contributed by atoms with van der Waals surface area (Å²) in [6.45, 7) is 13.1. The van der Waals surface area contributed by atoms with Crippen LogP contribution < -0.4 is 21.3 Å². The quantitative estimate of drug-likeness (QED) is 0.0405. The van der Waals surface area contributed by atoms with E-state index in [1.807, 2.05) is 81.4 Å². The van der Waals surface area contributed by atoms with Gasteiger partial charge in [0.15, 0.2) is 16.9 Å². The zero-order valence-electron chi connectivity index (χ0n) is 36.0. The third kappa shape index (κ3) is 11.7. The average Bonchev–Trinajstić information content (AvgIpc) is 3.64. The summed E-state index contributed by atoms with van der Waals surface area (Å²) in [5.41, 5.74) is -0.933. The lowest BCUT2D eigenvalue weighted by molar-refractivity contribution is -0.164. The van der Waals surface area contributed by atoms with Gasteiger partial charge in [0.2, 0.25) is 11.5 Å². The van der Waals surface area contributed by atoms with Gasteiger partial charge in [0.05, 0.1) is 24.5 Å². The van der Waals surface area contributed by atoms with Crippen LogP contribution in [0, 0.1) is 5.92 Å². The molecular weight excluding hydrogens is 833 g/mol. The molecule has 4 heterocycles. The number of rotatable bonds is 16. The fourth-order valence-electron chi connectivity index (χ4n) is 6.64. The Labute approximate surface area is 368 Å². The van der Waals surface area contributed by atoms with E-state index < -0.39 is 58.9 Å². The summed E-state index contributed by atoms with van der Waals surface area (Å²) < 4.78 is 16.8. The number of carbonyl (C=O) groups is 5. The van der Waals surface area contributed by atoms with Gasteiger partial charge in [-0.1, -0.05) is 65.8 Å². The number of hydrogen-bond donors (Lipinski definition) is 4. The van der Waals surface area contributed by atoms with Crippen molar-refractivity contribution in [2.24, 2.45) is 11.1 Å². The van der Waals surface area contributed by atoms with Crippen LogP contribution in [-0.2, 0) is 46.5 Å². The third-order valence-corrected chi connectivity index (χ3v) is 10.7. The fourth-order valence-corrected chi connectivity index (χ4v) is 7.32. The first-order valence-corrected chi connectivity index (χ1v) is 21.5. The Morgan fingerprint density at radius 2 is 1.60 bits per heavy atom. The van der Waals surface area contributed by atoms with E-state index in [4.69, 9.17) is 19.0 Å². The predicted octanol–water partition coefficient (Wildman–Crippen LogP) is 4.31. The molecule has 2 aliphatic heterocycles. The maximum absolute atomic E-state index is 14.0. The number of esters is 1. The first-order chi connectivity index (χ1) is 29.9. The minimum Gasteiger partial charge on any atom is -0.450 e. The number of thiazole rings is 1. The van der Waals surface area contributed by atoms with Gasteiger partial charge in [-0.3, -0.25) is 14.9 Å². The first-order valence-electron chi connectivity index (χ1n) is 20.7. The number of aromatic nitrogens is 4. The SMILES string of the molecule is CC(C)(C)OC(=O)Nc1nc(/C(=N\OC2(C(=O)OC(c3ccccc3)c3ccccc3)CC2)C(=O)N[C@@H]2C(=O)N[C@@H]2Cn2ncc(CNCC3CN(C(=O)OC(C)(C)C)C3)n2)cs1. The number of benzene rings is 2. The summed E-state index contributed by atoms with van der Waals surface area (Å²) >= 11 is 1.01. The molecule has 4 amide bonds. The molecule has 63 heavy (non-hydrogen) atoms. The number of β-lactam (4-membered cyclic amide) rings is 1. The minimum absolute atomic E-state index is 0.0146. The van der Waals surface area contributed by atoms with Crippen molar-refractivity contribution in [1.29, 1.82) is 0 Å². The maximum atomic E-state index is 14.0. The van der Waals surface area contributed by atoms with E-state index in [-0.39, 0.29) is 47.9 Å². The average molecular weight is 885 g/mol. The van der Waals surface area contributed by atoms with Crippen molar-refractivity contribution >= 4 is 52.2 Å². The standard InChI is InChI=1S/C43H52N10O9S/c1-41(2,3)60-39(57)49-38-47-31(25-63-38)33(51-62-43(17-18-43)37(56)59-34(27-13-9-7-10-14-27)28-15-11-8-12-16-28)36(55)48-32-30(46-35(32)54)24-53-45-21-29(50-53)20-44-19-26-22-52(23-26)40(58)61-42(4,5)6/h7-16,21,25-26,30,32,34,44H,17-20,22-24H2,1-6H3,(H,46,54)(H,48,55)(H,47,49,57)/b51-33+/t30-,32+/m1/s1. The molecule has 1 aliphatic carbocycles. The smallest absolute Gasteiger partial charge is 0.413 e. The molecule has 7 rings (SSSR count). The van der Waals surface area contributed by atoms with E-state index in [0.29, 0.717) is 31.9 Å². The van der Waals surface area contributed by atoms with E-state index in [1.54, 1.807) is 31.9 Å². The molecule has 3 fully saturated rings.